The van der Waals surface area contributed by atoms with Gasteiger partial charge in [-0.15, -0.1) is 0 Å². The number of rotatable bonds is 2. The maximum Gasteiger partial charge on any atom is 0.272 e. The highest BCUT2D eigenvalue weighted by Crippen LogP contribution is 2.44. The fraction of sp³-hybridized carbons (Fsp3) is 0.556. The molecule has 132 valence electrons. The number of aromatic nitrogens is 3. The van der Waals surface area contributed by atoms with E-state index in [0.29, 0.717) is 30.5 Å². The molecule has 4 rings (SSSR count). The monoisotopic (exact) mass is 342 g/mol. The maximum absolute atomic E-state index is 12.6. The molecule has 1 atom stereocenters. The van der Waals surface area contributed by atoms with E-state index in [2.05, 4.69) is 15.1 Å². The lowest BCUT2D eigenvalue weighted by Gasteiger charge is -2.38. The van der Waals surface area contributed by atoms with E-state index in [1.807, 2.05) is 17.9 Å². The summed E-state index contributed by atoms with van der Waals surface area (Å²) >= 11 is 0. The van der Waals surface area contributed by atoms with Crippen molar-refractivity contribution in [3.8, 4) is 0 Å². The molecule has 7 nitrogen and oxygen atoms in total. The Morgan fingerprint density at radius 3 is 2.68 bits per heavy atom. The summed E-state index contributed by atoms with van der Waals surface area (Å²) in [6.07, 6.45) is 5.11. The molecule has 7 heteroatoms. The predicted molar refractivity (Wildman–Crippen MR) is 88.9 cm³/mol. The molecule has 2 aliphatic rings. The quantitative estimate of drug-likeness (QED) is 0.834. The zero-order valence-electron chi connectivity index (χ0n) is 14.6. The largest absolute Gasteiger partial charge is 0.362 e. The van der Waals surface area contributed by atoms with Crippen molar-refractivity contribution < 1.29 is 14.1 Å². The van der Waals surface area contributed by atoms with Gasteiger partial charge in [0.25, 0.3) is 11.8 Å². The normalized spacial score (nSPS) is 22.5. The van der Waals surface area contributed by atoms with Crippen molar-refractivity contribution in [3.05, 3.63) is 41.3 Å². The first-order valence-corrected chi connectivity index (χ1v) is 8.75. The lowest BCUT2D eigenvalue weighted by atomic mass is 9.88. The summed E-state index contributed by atoms with van der Waals surface area (Å²) in [5, 5.41) is 3.84. The number of carbonyl (C=O) groups excluding carboxylic acids is 1. The summed E-state index contributed by atoms with van der Waals surface area (Å²) in [6.45, 7) is 5.14. The van der Waals surface area contributed by atoms with E-state index in [1.165, 1.54) is 0 Å². The molecule has 25 heavy (non-hydrogen) atoms. The molecule has 0 radical (unpaired) electrons. The molecule has 1 spiro atoms. The molecule has 2 saturated heterocycles. The van der Waals surface area contributed by atoms with Gasteiger partial charge in [-0.2, -0.15) is 4.98 Å². The number of piperidine rings is 1. The van der Waals surface area contributed by atoms with E-state index >= 15 is 0 Å². The number of aryl methyl sites for hydroxylation is 2. The predicted octanol–water partition coefficient (Wildman–Crippen LogP) is 2.61. The molecule has 0 bridgehead atoms. The van der Waals surface area contributed by atoms with Crippen LogP contribution in [0.3, 0.4) is 0 Å². The molecule has 0 unspecified atom stereocenters. The minimum absolute atomic E-state index is 0.00285. The van der Waals surface area contributed by atoms with E-state index in [-0.39, 0.29) is 17.6 Å². The molecule has 2 aromatic rings. The summed E-state index contributed by atoms with van der Waals surface area (Å²) < 4.78 is 11.5. The van der Waals surface area contributed by atoms with Gasteiger partial charge in [0.05, 0.1) is 5.60 Å². The Morgan fingerprint density at radius 1 is 1.24 bits per heavy atom. The van der Waals surface area contributed by atoms with Crippen LogP contribution in [-0.2, 0) is 4.74 Å². The molecule has 4 heterocycles. The Labute approximate surface area is 146 Å². The average Bonchev–Trinajstić information content (AvgIpc) is 3.23. The summed E-state index contributed by atoms with van der Waals surface area (Å²) in [7, 11) is 0. The Hall–Kier alpha value is -2.28. The van der Waals surface area contributed by atoms with Crippen LogP contribution in [-0.4, -0.2) is 44.6 Å². The van der Waals surface area contributed by atoms with Crippen LogP contribution in [0.5, 0.6) is 0 Å². The second kappa shape index (κ2) is 6.22. The summed E-state index contributed by atoms with van der Waals surface area (Å²) in [5.41, 5.74) is 1.38. The van der Waals surface area contributed by atoms with Gasteiger partial charge in [-0.25, -0.2) is 0 Å². The molecule has 2 fully saturated rings. The standard InChI is InChI=1S/C18H22N4O3/c1-12-3-4-14(19-11-12)17(23)22-9-7-18(8-10-22)6-5-15(24-18)16-20-13(2)21-25-16/h3-4,11,15H,5-10H2,1-2H3/t15-/m1/s1. The number of ether oxygens (including phenoxy) is 1. The first-order valence-electron chi connectivity index (χ1n) is 8.75. The number of hydrogen-bond acceptors (Lipinski definition) is 6. The minimum atomic E-state index is -0.176. The zero-order chi connectivity index (χ0) is 17.4. The van der Waals surface area contributed by atoms with Crippen molar-refractivity contribution >= 4 is 5.91 Å². The molecule has 2 aliphatic heterocycles. The van der Waals surface area contributed by atoms with Crippen molar-refractivity contribution in [2.24, 2.45) is 0 Å². The van der Waals surface area contributed by atoms with Crippen LogP contribution in [0.15, 0.2) is 22.9 Å². The fourth-order valence-electron chi connectivity index (χ4n) is 3.67. The molecular formula is C18H22N4O3. The van der Waals surface area contributed by atoms with Gasteiger partial charge in [0.15, 0.2) is 5.82 Å². The van der Waals surface area contributed by atoms with Gasteiger partial charge in [-0.3, -0.25) is 9.78 Å². The summed E-state index contributed by atoms with van der Waals surface area (Å²) in [6, 6.07) is 3.71. The molecule has 0 saturated carbocycles. The topological polar surface area (TPSA) is 81.4 Å². The molecule has 2 aromatic heterocycles. The number of pyridine rings is 1. The van der Waals surface area contributed by atoms with Crippen LogP contribution >= 0.6 is 0 Å². The van der Waals surface area contributed by atoms with Crippen LogP contribution < -0.4 is 0 Å². The number of nitrogens with zero attached hydrogens (tertiary/aromatic N) is 4. The Morgan fingerprint density at radius 2 is 2.04 bits per heavy atom. The van der Waals surface area contributed by atoms with Gasteiger partial charge in [0.2, 0.25) is 0 Å². The fourth-order valence-corrected chi connectivity index (χ4v) is 3.67. The molecule has 1 amide bonds. The van der Waals surface area contributed by atoms with Crippen molar-refractivity contribution in [1.29, 1.82) is 0 Å². The number of likely N-dealkylation sites (tertiary alicyclic amines) is 1. The van der Waals surface area contributed by atoms with Gasteiger partial charge in [0.1, 0.15) is 11.8 Å². The van der Waals surface area contributed by atoms with Crippen molar-refractivity contribution in [3.63, 3.8) is 0 Å². The van der Waals surface area contributed by atoms with Crippen molar-refractivity contribution in [2.45, 2.75) is 51.2 Å². The third-order valence-electron chi connectivity index (χ3n) is 5.17. The van der Waals surface area contributed by atoms with Crippen molar-refractivity contribution in [2.75, 3.05) is 13.1 Å². The van der Waals surface area contributed by atoms with Gasteiger partial charge in [-0.05, 0) is 51.2 Å². The molecule has 0 aliphatic carbocycles. The molecule has 0 aromatic carbocycles. The number of carbonyl (C=O) groups is 1. The maximum atomic E-state index is 12.6. The van der Waals surface area contributed by atoms with Gasteiger partial charge < -0.3 is 14.2 Å². The highest BCUT2D eigenvalue weighted by molar-refractivity contribution is 5.92. The second-order valence-corrected chi connectivity index (χ2v) is 7.02. The highest BCUT2D eigenvalue weighted by Gasteiger charge is 2.45. The van der Waals surface area contributed by atoms with E-state index in [0.717, 1.165) is 31.2 Å². The molecular weight excluding hydrogens is 320 g/mol. The van der Waals surface area contributed by atoms with E-state index in [4.69, 9.17) is 9.26 Å². The van der Waals surface area contributed by atoms with Crippen LogP contribution in [0.2, 0.25) is 0 Å². The lowest BCUT2D eigenvalue weighted by molar-refractivity contribution is -0.0821. The Bertz CT molecular complexity index is 763. The minimum Gasteiger partial charge on any atom is -0.362 e. The van der Waals surface area contributed by atoms with E-state index in [1.54, 1.807) is 19.2 Å². The smallest absolute Gasteiger partial charge is 0.272 e. The SMILES string of the molecule is Cc1ccc(C(=O)N2CCC3(CC[C@H](c4nc(C)no4)O3)CC2)nc1. The zero-order valence-corrected chi connectivity index (χ0v) is 14.6. The Kier molecular flexibility index (Phi) is 4.03. The van der Waals surface area contributed by atoms with Crippen LogP contribution in [0.1, 0.15) is 59.6 Å². The van der Waals surface area contributed by atoms with E-state index in [9.17, 15) is 4.79 Å². The van der Waals surface area contributed by atoms with Crippen molar-refractivity contribution in [1.82, 2.24) is 20.0 Å². The van der Waals surface area contributed by atoms with Gasteiger partial charge >= 0.3 is 0 Å². The first kappa shape index (κ1) is 16.2. The van der Waals surface area contributed by atoms with Crippen LogP contribution in [0.25, 0.3) is 0 Å². The third-order valence-corrected chi connectivity index (χ3v) is 5.17. The lowest BCUT2D eigenvalue weighted by Crippen LogP contribution is -2.46. The average molecular weight is 342 g/mol. The highest BCUT2D eigenvalue weighted by atomic mass is 16.5. The van der Waals surface area contributed by atoms with Gasteiger partial charge in [-0.1, -0.05) is 11.2 Å². The second-order valence-electron chi connectivity index (χ2n) is 7.02. The first-order chi connectivity index (χ1) is 12.0. The summed E-state index contributed by atoms with van der Waals surface area (Å²) in [5.74, 6) is 1.19. The van der Waals surface area contributed by atoms with Gasteiger partial charge in [0, 0.05) is 19.3 Å². The van der Waals surface area contributed by atoms with E-state index < -0.39 is 0 Å². The van der Waals surface area contributed by atoms with Crippen LogP contribution in [0, 0.1) is 13.8 Å². The Balaban J connectivity index is 1.38. The molecule has 0 N–H and O–H groups in total. The van der Waals surface area contributed by atoms with Crippen LogP contribution in [0.4, 0.5) is 0 Å². The number of amides is 1. The third kappa shape index (κ3) is 3.16. The number of hydrogen-bond donors (Lipinski definition) is 0. The summed E-state index contributed by atoms with van der Waals surface area (Å²) in [4.78, 5) is 23.0.